The van der Waals surface area contributed by atoms with Gasteiger partial charge >= 0.3 is 24.2 Å². The summed E-state index contributed by atoms with van der Waals surface area (Å²) in [6.07, 6.45) is 10.2. The average Bonchev–Trinajstić information content (AvgIpc) is 1.57. The number of amides is 3. The van der Waals surface area contributed by atoms with Crippen molar-refractivity contribution in [1.82, 2.24) is 20.4 Å². The molecule has 2 aliphatic carbocycles. The molecule has 2 saturated heterocycles. The Hall–Kier alpha value is -6.70. The zero-order chi connectivity index (χ0) is 63.0. The highest BCUT2D eigenvalue weighted by Gasteiger charge is 2.38. The molecule has 0 unspecified atom stereocenters. The molecule has 2 aliphatic heterocycles. The summed E-state index contributed by atoms with van der Waals surface area (Å²) in [6.45, 7) is 25.4. The third kappa shape index (κ3) is 21.0. The molecule has 88 heavy (non-hydrogen) atoms. The minimum atomic E-state index is -1.01. The zero-order valence-electron chi connectivity index (χ0n) is 53.8. The lowest BCUT2D eigenvalue weighted by Crippen LogP contribution is -2.49. The number of nitrogens with two attached hydrogens (primary N) is 1. The summed E-state index contributed by atoms with van der Waals surface area (Å²) < 4.78 is 22.1. The van der Waals surface area contributed by atoms with E-state index in [-0.39, 0.29) is 42.8 Å². The molecule has 16 nitrogen and oxygen atoms in total. The molecule has 6 N–H and O–H groups in total. The molecule has 0 saturated carbocycles. The van der Waals surface area contributed by atoms with E-state index in [9.17, 15) is 29.1 Å². The van der Waals surface area contributed by atoms with Gasteiger partial charge in [-0.05, 0) is 245 Å². The highest BCUT2D eigenvalue weighted by atomic mass is 127. The molecule has 0 bridgehead atoms. The Morgan fingerprint density at radius 1 is 0.625 bits per heavy atom. The molecule has 5 aromatic rings. The van der Waals surface area contributed by atoms with Crippen LogP contribution in [0, 0.1) is 25.7 Å². The maximum atomic E-state index is 13.3. The van der Waals surface area contributed by atoms with Gasteiger partial charge in [-0.25, -0.2) is 19.2 Å². The number of aromatic hydroxyl groups is 1. The molecule has 2 heterocycles. The Bertz CT molecular complexity index is 3140. The van der Waals surface area contributed by atoms with Crippen molar-refractivity contribution in [2.45, 2.75) is 195 Å². The number of esters is 1. The maximum absolute atomic E-state index is 13.3. The number of fused-ring (bicyclic) bond motifs is 4. The van der Waals surface area contributed by atoms with E-state index in [4.69, 9.17) is 24.7 Å². The number of phenolic OH excluding ortho intramolecular Hbond substituents is 1. The minimum Gasteiger partial charge on any atom is -0.507 e. The number of rotatable bonds is 16. The number of alkyl carbamates (subject to hydrolysis) is 2. The van der Waals surface area contributed by atoms with E-state index in [1.54, 1.807) is 71.9 Å². The molecule has 2 fully saturated rings. The number of piperidine rings is 2. The van der Waals surface area contributed by atoms with Crippen LogP contribution >= 0.6 is 24.0 Å². The van der Waals surface area contributed by atoms with Crippen LogP contribution in [-0.4, -0.2) is 106 Å². The number of nitrogens with zero attached hydrogens (tertiary/aromatic N) is 2. The van der Waals surface area contributed by atoms with E-state index >= 15 is 0 Å². The number of nitrogen functional groups attached to an aromatic ring is 1. The van der Waals surface area contributed by atoms with Crippen molar-refractivity contribution in [1.29, 1.82) is 0 Å². The van der Waals surface area contributed by atoms with Crippen LogP contribution in [0.15, 0.2) is 103 Å². The molecular formula is C71H97IN6O10. The number of benzene rings is 5. The van der Waals surface area contributed by atoms with E-state index in [1.807, 2.05) is 68.4 Å². The molecule has 478 valence electrons. The standard InChI is InChI=1S/C39H49N3O6.C17H25NO.C15H22N2O3.HI/c1-6-19-42-20-11-15-30-23-32-29(24-34(30)42)18-17-26(2)35(32)47-37(44)40-31-16-10-14-28(21-31)22-33(41-38(45)48-39(3,4)5)36(43)46-25-27-12-8-7-9-13-27;1-3-8-18-9-4-5-14-10-15-13(11-16(14)18)7-6-12(2)17(15)19;1-10(18)13(17-14(19)20-15(2,3)4)9-11-6-5-7-12(16)8-11;/h7-10,12-14,16-18,21,30,33-34H,6,11,15,19-20,22-25H2,1-5H3,(H,40,44)(H,41,45);6-7,14,16,19H,3-5,8-11H2,1-2H3;5-8,13H,9,16H2,1-4H3,(H,17,19);1H/t30-,33+,34-;14-,16-;13-;/m110./s1. The summed E-state index contributed by atoms with van der Waals surface area (Å²) in [6, 6.07) is 31.9. The Kier molecular flexibility index (Phi) is 26.1. The van der Waals surface area contributed by atoms with Crippen molar-refractivity contribution in [3.63, 3.8) is 0 Å². The fourth-order valence-corrected chi connectivity index (χ4v) is 12.6. The predicted molar refractivity (Wildman–Crippen MR) is 359 cm³/mol. The first-order valence-electron chi connectivity index (χ1n) is 31.4. The van der Waals surface area contributed by atoms with Gasteiger partial charge < -0.3 is 40.4 Å². The monoisotopic (exact) mass is 1320 g/mol. The van der Waals surface area contributed by atoms with Gasteiger partial charge in [-0.15, -0.1) is 24.0 Å². The van der Waals surface area contributed by atoms with Gasteiger partial charge in [0.05, 0.1) is 6.04 Å². The Morgan fingerprint density at radius 2 is 1.14 bits per heavy atom. The van der Waals surface area contributed by atoms with E-state index in [0.717, 1.165) is 78.9 Å². The van der Waals surface area contributed by atoms with E-state index in [0.29, 0.717) is 52.9 Å². The SMILES string of the molecule is CC(=O)[C@H](Cc1cccc(N)c1)NC(=O)OC(C)(C)C.CCCN1CCC[C@@H]2Cc3c(ccc(C)c3O)C[C@H]21.CCCN1CCC[C@@H]2Cc3c(ccc(C)c3OC(=O)Nc3cccc(C[C@H](NC(=O)OC(C)(C)C)C(=O)OCc4ccccc4)c3)C[C@H]21.I. The molecule has 0 spiro atoms. The minimum absolute atomic E-state index is 0. The van der Waals surface area contributed by atoms with Gasteiger partial charge in [0.15, 0.2) is 5.78 Å². The van der Waals surface area contributed by atoms with Crippen molar-refractivity contribution in [3.05, 3.63) is 153 Å². The van der Waals surface area contributed by atoms with Crippen LogP contribution in [0.3, 0.4) is 0 Å². The number of anilines is 2. The van der Waals surface area contributed by atoms with Crippen molar-refractivity contribution in [2.75, 3.05) is 37.2 Å². The van der Waals surface area contributed by atoms with Gasteiger partial charge in [0.25, 0.3) is 0 Å². The van der Waals surface area contributed by atoms with Gasteiger partial charge in [-0.3, -0.25) is 19.9 Å². The number of ether oxygens (including phenoxy) is 4. The van der Waals surface area contributed by atoms with Crippen LogP contribution in [0.5, 0.6) is 11.5 Å². The number of halogens is 1. The summed E-state index contributed by atoms with van der Waals surface area (Å²) in [7, 11) is 0. The molecule has 6 atom stereocenters. The number of nitrogens with one attached hydrogen (secondary N) is 3. The quantitative estimate of drug-likeness (QED) is 0.0270. The summed E-state index contributed by atoms with van der Waals surface area (Å²) in [4.78, 5) is 67.8. The largest absolute Gasteiger partial charge is 0.507 e. The highest BCUT2D eigenvalue weighted by Crippen LogP contribution is 2.42. The van der Waals surface area contributed by atoms with Crippen LogP contribution in [0.4, 0.5) is 25.8 Å². The number of carbonyl (C=O) groups excluding carboxylic acids is 5. The molecule has 9 rings (SSSR count). The summed E-state index contributed by atoms with van der Waals surface area (Å²) in [5.41, 5.74) is 14.9. The third-order valence-corrected chi connectivity index (χ3v) is 16.6. The molecule has 17 heteroatoms. The molecule has 0 aromatic heterocycles. The Morgan fingerprint density at radius 3 is 1.69 bits per heavy atom. The van der Waals surface area contributed by atoms with Crippen molar-refractivity contribution < 1.29 is 48.0 Å². The molecule has 4 aliphatic rings. The number of hydrogen-bond acceptors (Lipinski definition) is 13. The second-order valence-electron chi connectivity index (χ2n) is 26.0. The van der Waals surface area contributed by atoms with Gasteiger partial charge in [0, 0.05) is 29.9 Å². The van der Waals surface area contributed by atoms with Gasteiger partial charge in [-0.2, -0.15) is 0 Å². The van der Waals surface area contributed by atoms with Crippen molar-refractivity contribution >= 4 is 65.4 Å². The first-order chi connectivity index (χ1) is 41.4. The topological polar surface area (TPSA) is 211 Å². The summed E-state index contributed by atoms with van der Waals surface area (Å²) in [5.74, 6) is 1.80. The first kappa shape index (κ1) is 70.4. The van der Waals surface area contributed by atoms with E-state index in [1.165, 1.54) is 68.8 Å². The van der Waals surface area contributed by atoms with Gasteiger partial charge in [0.2, 0.25) is 0 Å². The van der Waals surface area contributed by atoms with Crippen LogP contribution < -0.4 is 26.4 Å². The maximum Gasteiger partial charge on any atom is 0.417 e. The summed E-state index contributed by atoms with van der Waals surface area (Å²) in [5, 5.41) is 18.4. The molecule has 5 aromatic carbocycles. The first-order valence-corrected chi connectivity index (χ1v) is 31.4. The second kappa shape index (κ2) is 32.7. The van der Waals surface area contributed by atoms with Crippen LogP contribution in [0.2, 0.25) is 0 Å². The Labute approximate surface area is 539 Å². The number of likely N-dealkylation sites (tertiary alicyclic amines) is 2. The fourth-order valence-electron chi connectivity index (χ4n) is 12.6. The van der Waals surface area contributed by atoms with E-state index in [2.05, 4.69) is 57.8 Å². The summed E-state index contributed by atoms with van der Waals surface area (Å²) >= 11 is 0. The predicted octanol–water partition coefficient (Wildman–Crippen LogP) is 13.6. The number of ketones is 1. The van der Waals surface area contributed by atoms with Gasteiger partial charge in [0.1, 0.15) is 35.3 Å². The number of Topliss-reactive ketones (excluding diaryl/α,β-unsaturated/α-hetero) is 1. The zero-order valence-corrected chi connectivity index (χ0v) is 56.1. The lowest BCUT2D eigenvalue weighted by atomic mass is 9.74. The van der Waals surface area contributed by atoms with Crippen LogP contribution in [0.1, 0.15) is 151 Å². The average molecular weight is 1320 g/mol. The molecule has 0 radical (unpaired) electrons. The number of phenols is 1. The van der Waals surface area contributed by atoms with Gasteiger partial charge in [-0.1, -0.05) is 92.7 Å². The van der Waals surface area contributed by atoms with Crippen molar-refractivity contribution in [3.8, 4) is 11.5 Å². The highest BCUT2D eigenvalue weighted by molar-refractivity contribution is 14.0. The lowest BCUT2D eigenvalue weighted by molar-refractivity contribution is -0.147. The van der Waals surface area contributed by atoms with Crippen LogP contribution in [0.25, 0.3) is 0 Å². The fraction of sp³-hybridized carbons (Fsp3) is 0.507. The number of hydrogen-bond donors (Lipinski definition) is 5. The normalized spacial score (nSPS) is 18.5. The lowest BCUT2D eigenvalue weighted by Gasteiger charge is -2.45. The molecular weight excluding hydrogens is 1220 g/mol. The van der Waals surface area contributed by atoms with Crippen LogP contribution in [-0.2, 0) is 68.9 Å². The van der Waals surface area contributed by atoms with E-state index < -0.39 is 47.5 Å². The Balaban J connectivity index is 0.000000252. The smallest absolute Gasteiger partial charge is 0.417 e. The molecule has 3 amide bonds. The third-order valence-electron chi connectivity index (χ3n) is 16.6. The number of carbonyl (C=O) groups is 5. The number of aryl methyl sites for hydroxylation is 2. The second-order valence-corrected chi connectivity index (χ2v) is 26.0. The van der Waals surface area contributed by atoms with Crippen molar-refractivity contribution in [2.24, 2.45) is 11.8 Å².